The molecule has 1 spiro atoms. The highest BCUT2D eigenvalue weighted by atomic mass is 16.6. The highest BCUT2D eigenvalue weighted by molar-refractivity contribution is 5.81. The first-order valence-electron chi connectivity index (χ1n) is 8.38. The van der Waals surface area contributed by atoms with E-state index in [0.29, 0.717) is 0 Å². The number of ether oxygens (including phenoxy) is 3. The molecule has 0 N–H and O–H groups in total. The lowest BCUT2D eigenvalue weighted by atomic mass is 9.48. The fourth-order valence-electron chi connectivity index (χ4n) is 6.39. The summed E-state index contributed by atoms with van der Waals surface area (Å²) in [6.45, 7) is 2.13. The van der Waals surface area contributed by atoms with Crippen molar-refractivity contribution >= 4 is 11.9 Å². The van der Waals surface area contributed by atoms with Gasteiger partial charge in [0, 0.05) is 18.9 Å². The maximum absolute atomic E-state index is 12.8. The molecule has 5 fully saturated rings. The lowest BCUT2D eigenvalue weighted by molar-refractivity contribution is -0.258. The molecule has 2 heterocycles. The first-order valence-corrected chi connectivity index (χ1v) is 8.38. The Morgan fingerprint density at radius 1 is 1.32 bits per heavy atom. The number of hydrogen-bond donors (Lipinski definition) is 0. The molecule has 2 saturated heterocycles. The fraction of sp³-hybridized carbons (Fsp3) is 0.882. The molecule has 2 bridgehead atoms. The maximum Gasteiger partial charge on any atom is 0.313 e. The molecule has 0 aromatic heterocycles. The van der Waals surface area contributed by atoms with Crippen molar-refractivity contribution in [1.82, 2.24) is 0 Å². The van der Waals surface area contributed by atoms with Crippen LogP contribution < -0.4 is 0 Å². The van der Waals surface area contributed by atoms with Gasteiger partial charge in [0.25, 0.3) is 0 Å². The summed E-state index contributed by atoms with van der Waals surface area (Å²) in [5.41, 5.74) is -0.453. The topological polar surface area (TPSA) is 61.8 Å². The Morgan fingerprint density at radius 2 is 2.09 bits per heavy atom. The second-order valence-corrected chi connectivity index (χ2v) is 7.51. The second kappa shape index (κ2) is 4.70. The highest BCUT2D eigenvalue weighted by Crippen LogP contribution is 2.68. The van der Waals surface area contributed by atoms with Gasteiger partial charge in [-0.1, -0.05) is 13.3 Å². The summed E-state index contributed by atoms with van der Waals surface area (Å²) in [7, 11) is 3.16. The first-order chi connectivity index (χ1) is 10.6. The van der Waals surface area contributed by atoms with Crippen molar-refractivity contribution in [1.29, 1.82) is 0 Å². The summed E-state index contributed by atoms with van der Waals surface area (Å²) in [6.07, 6.45) is 3.39. The monoisotopic (exact) mass is 308 g/mol. The standard InChI is InChI=1S/C17H24O5/c1-8-13(20-2)14-11-7-10(15(18)21-3)9-5-4-6-17(8,12(9)11)16(19)22-14/h8-14H,4-7H2,1-3H3/t8-,9+,10-,11-,12+,13+,14+,17+/m0/s1. The first kappa shape index (κ1) is 14.5. The van der Waals surface area contributed by atoms with Crippen molar-refractivity contribution < 1.29 is 23.8 Å². The van der Waals surface area contributed by atoms with Gasteiger partial charge in [0.1, 0.15) is 6.10 Å². The molecular formula is C17H24O5. The minimum absolute atomic E-state index is 0.0465. The third-order valence-electron chi connectivity index (χ3n) is 7.14. The van der Waals surface area contributed by atoms with E-state index in [1.54, 1.807) is 7.11 Å². The number of rotatable bonds is 2. The molecule has 3 saturated carbocycles. The van der Waals surface area contributed by atoms with E-state index in [0.717, 1.165) is 25.7 Å². The second-order valence-electron chi connectivity index (χ2n) is 7.51. The third-order valence-corrected chi connectivity index (χ3v) is 7.14. The van der Waals surface area contributed by atoms with E-state index in [4.69, 9.17) is 14.2 Å². The van der Waals surface area contributed by atoms with E-state index in [-0.39, 0.29) is 53.7 Å². The molecule has 0 aromatic rings. The van der Waals surface area contributed by atoms with Crippen LogP contribution in [0.1, 0.15) is 32.6 Å². The largest absolute Gasteiger partial charge is 0.469 e. The smallest absolute Gasteiger partial charge is 0.313 e. The molecule has 0 aromatic carbocycles. The summed E-state index contributed by atoms with van der Waals surface area (Å²) in [4.78, 5) is 25.0. The zero-order valence-electron chi connectivity index (χ0n) is 13.4. The zero-order chi connectivity index (χ0) is 15.6. The quantitative estimate of drug-likeness (QED) is 0.728. The van der Waals surface area contributed by atoms with Crippen LogP contribution in [0.15, 0.2) is 0 Å². The number of hydrogen-bond acceptors (Lipinski definition) is 5. The molecule has 0 radical (unpaired) electrons. The third kappa shape index (κ3) is 1.48. The predicted molar refractivity (Wildman–Crippen MR) is 76.7 cm³/mol. The average Bonchev–Trinajstić information content (AvgIpc) is 2.92. The molecular weight excluding hydrogens is 284 g/mol. The van der Waals surface area contributed by atoms with E-state index in [9.17, 15) is 9.59 Å². The van der Waals surface area contributed by atoms with Crippen LogP contribution in [0, 0.1) is 35.0 Å². The number of carbonyl (C=O) groups excluding carboxylic acids is 2. The molecule has 22 heavy (non-hydrogen) atoms. The molecule has 0 unspecified atom stereocenters. The normalized spacial score (nSPS) is 52.1. The lowest BCUT2D eigenvalue weighted by Crippen LogP contribution is -2.69. The molecule has 0 amide bonds. The zero-order valence-corrected chi connectivity index (χ0v) is 13.4. The van der Waals surface area contributed by atoms with Crippen molar-refractivity contribution in [3.05, 3.63) is 0 Å². The Bertz CT molecular complexity index is 517. The lowest BCUT2D eigenvalue weighted by Gasteiger charge is -2.61. The number of carbonyl (C=O) groups is 2. The summed E-state index contributed by atoms with van der Waals surface area (Å²) in [6, 6.07) is 0. The average molecular weight is 308 g/mol. The van der Waals surface area contributed by atoms with Crippen LogP contribution in [0.4, 0.5) is 0 Å². The Balaban J connectivity index is 1.80. The van der Waals surface area contributed by atoms with Crippen molar-refractivity contribution in [2.75, 3.05) is 14.2 Å². The minimum atomic E-state index is -0.453. The van der Waals surface area contributed by atoms with Gasteiger partial charge in [0.05, 0.1) is 24.5 Å². The van der Waals surface area contributed by atoms with Gasteiger partial charge in [-0.05, 0) is 31.1 Å². The number of fused-ring (bicyclic) bond motifs is 2. The molecule has 2 aliphatic heterocycles. The molecule has 122 valence electrons. The minimum Gasteiger partial charge on any atom is -0.469 e. The summed E-state index contributed by atoms with van der Waals surface area (Å²) < 4.78 is 16.5. The van der Waals surface area contributed by atoms with Crippen LogP contribution in [0.5, 0.6) is 0 Å². The summed E-state index contributed by atoms with van der Waals surface area (Å²) >= 11 is 0. The van der Waals surface area contributed by atoms with Crippen LogP contribution in [0.25, 0.3) is 0 Å². The molecule has 8 atom stereocenters. The Kier molecular flexibility index (Phi) is 3.09. The van der Waals surface area contributed by atoms with Gasteiger partial charge in [-0.15, -0.1) is 0 Å². The molecule has 5 heteroatoms. The Hall–Kier alpha value is -1.10. The Labute approximate surface area is 130 Å². The van der Waals surface area contributed by atoms with Crippen molar-refractivity contribution in [3.8, 4) is 0 Å². The number of esters is 2. The van der Waals surface area contributed by atoms with Gasteiger partial charge in [-0.25, -0.2) is 0 Å². The molecule has 5 aliphatic rings. The van der Waals surface area contributed by atoms with Gasteiger partial charge in [-0.2, -0.15) is 0 Å². The summed E-state index contributed by atoms with van der Waals surface area (Å²) in [5.74, 6) is 0.677. The van der Waals surface area contributed by atoms with Crippen LogP contribution in [0.3, 0.4) is 0 Å². The number of methoxy groups -OCH3 is 2. The molecule has 5 rings (SSSR count). The maximum atomic E-state index is 12.8. The SMILES string of the molecule is COC(=O)[C@H]1C[C@@H]2[C@H]3OC(=O)[C@]4(CCC[C@H]1[C@H]24)[C@@H](C)[C@H]3OC. The summed E-state index contributed by atoms with van der Waals surface area (Å²) in [5, 5.41) is 0. The van der Waals surface area contributed by atoms with Gasteiger partial charge in [0.15, 0.2) is 0 Å². The van der Waals surface area contributed by atoms with E-state index in [2.05, 4.69) is 6.92 Å². The van der Waals surface area contributed by atoms with E-state index >= 15 is 0 Å². The van der Waals surface area contributed by atoms with E-state index in [1.165, 1.54) is 7.11 Å². The van der Waals surface area contributed by atoms with Crippen molar-refractivity contribution in [2.24, 2.45) is 35.0 Å². The van der Waals surface area contributed by atoms with Crippen molar-refractivity contribution in [2.45, 2.75) is 44.8 Å². The highest BCUT2D eigenvalue weighted by Gasteiger charge is 2.73. The van der Waals surface area contributed by atoms with Crippen molar-refractivity contribution in [3.63, 3.8) is 0 Å². The van der Waals surface area contributed by atoms with E-state index in [1.807, 2.05) is 0 Å². The van der Waals surface area contributed by atoms with Gasteiger partial charge in [-0.3, -0.25) is 9.59 Å². The molecule has 3 aliphatic carbocycles. The molecule has 5 nitrogen and oxygen atoms in total. The van der Waals surface area contributed by atoms with Crippen LogP contribution in [0.2, 0.25) is 0 Å². The Morgan fingerprint density at radius 3 is 2.77 bits per heavy atom. The van der Waals surface area contributed by atoms with Gasteiger partial charge in [0.2, 0.25) is 0 Å². The van der Waals surface area contributed by atoms with Crippen LogP contribution in [-0.2, 0) is 23.8 Å². The van der Waals surface area contributed by atoms with Crippen LogP contribution in [-0.4, -0.2) is 38.4 Å². The van der Waals surface area contributed by atoms with Gasteiger partial charge >= 0.3 is 11.9 Å². The fourth-order valence-corrected chi connectivity index (χ4v) is 6.39. The van der Waals surface area contributed by atoms with E-state index < -0.39 is 5.41 Å². The van der Waals surface area contributed by atoms with Gasteiger partial charge < -0.3 is 14.2 Å². The predicted octanol–water partition coefficient (Wildman–Crippen LogP) is 1.79. The van der Waals surface area contributed by atoms with Crippen LogP contribution >= 0.6 is 0 Å².